The van der Waals surface area contributed by atoms with Crippen LogP contribution in [0.5, 0.6) is 0 Å². The summed E-state index contributed by atoms with van der Waals surface area (Å²) in [4.78, 5) is 0. The first-order chi connectivity index (χ1) is 9.76. The highest BCUT2D eigenvalue weighted by Crippen LogP contribution is 2.26. The van der Waals surface area contributed by atoms with E-state index in [4.69, 9.17) is 9.47 Å². The van der Waals surface area contributed by atoms with Crippen LogP contribution in [-0.4, -0.2) is 22.9 Å². The van der Waals surface area contributed by atoms with Gasteiger partial charge in [0, 0.05) is 17.6 Å². The fourth-order valence-corrected chi connectivity index (χ4v) is 3.21. The summed E-state index contributed by atoms with van der Waals surface area (Å²) in [6.45, 7) is 2.45. The molecule has 1 aliphatic rings. The number of ether oxygens (including phenoxy) is 2. The van der Waals surface area contributed by atoms with Crippen molar-refractivity contribution in [3.8, 4) is 0 Å². The van der Waals surface area contributed by atoms with Crippen molar-refractivity contribution in [3.63, 3.8) is 0 Å². The molecule has 0 saturated heterocycles. The monoisotopic (exact) mass is 288 g/mol. The Morgan fingerprint density at radius 3 is 2.85 bits per heavy atom. The molecule has 2 aromatic rings. The van der Waals surface area contributed by atoms with Crippen LogP contribution in [0.4, 0.5) is 0 Å². The second-order valence-electron chi connectivity index (χ2n) is 4.59. The smallest absolute Gasteiger partial charge is 0.211 e. The van der Waals surface area contributed by atoms with Gasteiger partial charge >= 0.3 is 0 Å². The van der Waals surface area contributed by atoms with Crippen LogP contribution in [0, 0.1) is 0 Å². The molecule has 20 heavy (non-hydrogen) atoms. The van der Waals surface area contributed by atoms with E-state index in [0.29, 0.717) is 18.1 Å². The third kappa shape index (κ3) is 2.76. The second-order valence-corrected chi connectivity index (χ2v) is 5.92. The zero-order chi connectivity index (χ0) is 13.9. The zero-order valence-corrected chi connectivity index (χ0v) is 12.1. The summed E-state index contributed by atoms with van der Waals surface area (Å²) in [7, 11) is -1.05. The molecule has 2 atom stereocenters. The number of hydrogen-bond acceptors (Lipinski definition) is 3. The van der Waals surface area contributed by atoms with Gasteiger partial charge in [-0.2, -0.15) is 0 Å². The van der Waals surface area contributed by atoms with Crippen molar-refractivity contribution in [1.29, 1.82) is 0 Å². The van der Waals surface area contributed by atoms with Crippen LogP contribution in [0.2, 0.25) is 0 Å². The maximum absolute atomic E-state index is 11.9. The van der Waals surface area contributed by atoms with Gasteiger partial charge in [0.25, 0.3) is 0 Å². The summed E-state index contributed by atoms with van der Waals surface area (Å²) in [5, 5.41) is 3.98. The van der Waals surface area contributed by atoms with Crippen molar-refractivity contribution >= 4 is 27.3 Å². The second kappa shape index (κ2) is 5.77. The minimum absolute atomic E-state index is 0.394. The predicted molar refractivity (Wildman–Crippen MR) is 81.4 cm³/mol. The molecule has 0 aromatic heterocycles. The maximum atomic E-state index is 11.9. The first-order valence-electron chi connectivity index (χ1n) is 6.62. The highest BCUT2D eigenvalue weighted by atomic mass is 32.2. The van der Waals surface area contributed by atoms with Gasteiger partial charge in [-0.1, -0.05) is 36.4 Å². The van der Waals surface area contributed by atoms with E-state index in [1.54, 1.807) is 5.41 Å². The van der Waals surface area contributed by atoms with Crippen molar-refractivity contribution in [1.82, 2.24) is 0 Å². The Hall–Kier alpha value is -1.65. The number of fused-ring (bicyclic) bond motifs is 1. The van der Waals surface area contributed by atoms with E-state index in [9.17, 15) is 4.21 Å². The maximum Gasteiger partial charge on any atom is 0.211 e. The van der Waals surface area contributed by atoms with Crippen molar-refractivity contribution < 1.29 is 13.7 Å². The molecule has 0 spiro atoms. The van der Waals surface area contributed by atoms with E-state index in [1.807, 2.05) is 37.3 Å². The summed E-state index contributed by atoms with van der Waals surface area (Å²) in [6, 6.07) is 14.2. The lowest BCUT2D eigenvalue weighted by molar-refractivity contribution is -0.0765. The summed E-state index contributed by atoms with van der Waals surface area (Å²) in [5.41, 5.74) is 0.932. The van der Waals surface area contributed by atoms with Gasteiger partial charge in [0.2, 0.25) is 6.29 Å². The third-order valence-corrected chi connectivity index (χ3v) is 4.26. The summed E-state index contributed by atoms with van der Waals surface area (Å²) in [6.07, 6.45) is -0.424. The molecule has 3 rings (SSSR count). The van der Waals surface area contributed by atoms with Crippen LogP contribution in [0.1, 0.15) is 12.5 Å². The van der Waals surface area contributed by atoms with Crippen molar-refractivity contribution in [2.45, 2.75) is 13.2 Å². The van der Waals surface area contributed by atoms with Crippen LogP contribution in [0.25, 0.3) is 16.5 Å². The molecule has 1 unspecified atom stereocenters. The Labute approximate surface area is 120 Å². The third-order valence-electron chi connectivity index (χ3n) is 3.18. The first-order valence-corrected chi connectivity index (χ1v) is 8.01. The Kier molecular flexibility index (Phi) is 3.85. The standard InChI is InChI=1S/C16H16O3S/c1-2-18-16-11-20(17)10-15(19-16)14-8-7-12-5-3-4-6-13(12)9-14/h3-10,16H,2,11H2,1H3/t16-,20?/m0/s1. The Bertz CT molecular complexity index is 678. The fraction of sp³-hybridized carbons (Fsp3) is 0.250. The van der Waals surface area contributed by atoms with E-state index in [0.717, 1.165) is 10.9 Å². The molecular formula is C16H16O3S. The van der Waals surface area contributed by atoms with E-state index in [-0.39, 0.29) is 0 Å². The SMILES string of the molecule is CCO[C@@H]1CS(=O)C=C(c2ccc3ccccc3c2)O1. The number of rotatable bonds is 3. The van der Waals surface area contributed by atoms with Gasteiger partial charge in [-0.15, -0.1) is 0 Å². The van der Waals surface area contributed by atoms with Crippen LogP contribution in [0.3, 0.4) is 0 Å². The average molecular weight is 288 g/mol. The van der Waals surface area contributed by atoms with Crippen LogP contribution in [0.15, 0.2) is 47.9 Å². The minimum atomic E-state index is -1.05. The van der Waals surface area contributed by atoms with Gasteiger partial charge in [-0.05, 0) is 23.8 Å². The Morgan fingerprint density at radius 1 is 1.25 bits per heavy atom. The number of hydrogen-bond donors (Lipinski definition) is 0. The van der Waals surface area contributed by atoms with E-state index >= 15 is 0 Å². The average Bonchev–Trinajstić information content (AvgIpc) is 2.46. The van der Waals surface area contributed by atoms with Crippen LogP contribution < -0.4 is 0 Å². The summed E-state index contributed by atoms with van der Waals surface area (Å²) >= 11 is 0. The lowest BCUT2D eigenvalue weighted by atomic mass is 10.1. The van der Waals surface area contributed by atoms with Gasteiger partial charge in [0.1, 0.15) is 5.76 Å². The summed E-state index contributed by atoms with van der Waals surface area (Å²) < 4.78 is 23.1. The van der Waals surface area contributed by atoms with Gasteiger partial charge in [-0.25, -0.2) is 0 Å². The lowest BCUT2D eigenvalue weighted by Gasteiger charge is -2.24. The zero-order valence-electron chi connectivity index (χ0n) is 11.2. The molecule has 0 fully saturated rings. The molecular weight excluding hydrogens is 272 g/mol. The fourth-order valence-electron chi connectivity index (χ4n) is 2.25. The lowest BCUT2D eigenvalue weighted by Crippen LogP contribution is -2.26. The molecule has 0 amide bonds. The van der Waals surface area contributed by atoms with Crippen LogP contribution >= 0.6 is 0 Å². The van der Waals surface area contributed by atoms with Gasteiger partial charge in [-0.3, -0.25) is 4.21 Å². The molecule has 0 radical (unpaired) electrons. The number of benzene rings is 2. The molecule has 3 nitrogen and oxygen atoms in total. The van der Waals surface area contributed by atoms with Crippen molar-refractivity contribution in [2.75, 3.05) is 12.4 Å². The predicted octanol–water partition coefficient (Wildman–Crippen LogP) is 3.28. The van der Waals surface area contributed by atoms with Gasteiger partial charge in [0.15, 0.2) is 0 Å². The highest BCUT2D eigenvalue weighted by molar-refractivity contribution is 7.88. The molecule has 2 aromatic carbocycles. The Morgan fingerprint density at radius 2 is 2.05 bits per heavy atom. The largest absolute Gasteiger partial charge is 0.463 e. The molecule has 0 saturated carbocycles. The molecule has 0 N–H and O–H groups in total. The topological polar surface area (TPSA) is 35.5 Å². The van der Waals surface area contributed by atoms with Crippen molar-refractivity contribution in [2.24, 2.45) is 0 Å². The van der Waals surface area contributed by atoms with Crippen molar-refractivity contribution in [3.05, 3.63) is 53.4 Å². The molecule has 0 aliphatic carbocycles. The van der Waals surface area contributed by atoms with E-state index in [2.05, 4.69) is 12.1 Å². The highest BCUT2D eigenvalue weighted by Gasteiger charge is 2.22. The van der Waals surface area contributed by atoms with Gasteiger partial charge < -0.3 is 9.47 Å². The van der Waals surface area contributed by atoms with Gasteiger partial charge in [0.05, 0.1) is 16.6 Å². The molecule has 1 aliphatic heterocycles. The normalized spacial score (nSPS) is 22.4. The Balaban J connectivity index is 1.95. The molecule has 0 bridgehead atoms. The van der Waals surface area contributed by atoms with E-state index < -0.39 is 17.1 Å². The molecule has 1 heterocycles. The summed E-state index contributed by atoms with van der Waals surface area (Å²) in [5.74, 6) is 1.03. The quantitative estimate of drug-likeness (QED) is 0.869. The van der Waals surface area contributed by atoms with E-state index in [1.165, 1.54) is 5.39 Å². The minimum Gasteiger partial charge on any atom is -0.463 e. The first kappa shape index (κ1) is 13.3. The molecule has 4 heteroatoms. The molecule has 104 valence electrons. The van der Waals surface area contributed by atoms with Crippen LogP contribution in [-0.2, 0) is 20.3 Å².